The molecule has 0 aromatic rings. The minimum absolute atomic E-state index is 0. The van der Waals surface area contributed by atoms with E-state index >= 15 is 0 Å². The van der Waals surface area contributed by atoms with Crippen LogP contribution in [0.4, 0.5) is 0 Å². The average Bonchev–Trinajstić information content (AvgIpc) is 2.77. The van der Waals surface area contributed by atoms with Crippen molar-refractivity contribution in [3.05, 3.63) is 0 Å². The molecule has 0 fully saturated rings. The smallest absolute Gasteiger partial charge is 0.855 e. The van der Waals surface area contributed by atoms with Crippen molar-refractivity contribution in [2.24, 2.45) is 16.2 Å². The van der Waals surface area contributed by atoms with Gasteiger partial charge in [-0.15, -0.1) is 13.2 Å². The molecule has 0 spiro atoms. The summed E-state index contributed by atoms with van der Waals surface area (Å²) >= 11 is 0. The van der Waals surface area contributed by atoms with Crippen molar-refractivity contribution in [1.29, 1.82) is 0 Å². The predicted molar refractivity (Wildman–Crippen MR) is 164 cm³/mol. The fraction of sp³-hybridized carbons (Fsp3) is 0.912. The molecular formula is C34H67NbO8. The molecule has 0 aliphatic carbocycles. The Morgan fingerprint density at radius 2 is 0.581 bits per heavy atom. The van der Waals surface area contributed by atoms with Crippen molar-refractivity contribution in [3.8, 4) is 0 Å². The standard InChI is InChI=1S/3C10H20O2.2C2H5O.Nb/c3*1-10(2,3)8-6-4-5-7-9(11)12;2*1-2-3;/h3*4-8H2,1-3H3,(H,11,12);2*2H2,1H3;/q;;;2*-1;+5/p-3. The topological polar surface area (TPSA) is 167 Å². The summed E-state index contributed by atoms with van der Waals surface area (Å²) in [7, 11) is 0. The zero-order chi connectivity index (χ0) is 34.3. The first-order valence-corrected chi connectivity index (χ1v) is 15.8. The van der Waals surface area contributed by atoms with E-state index in [0.29, 0.717) is 16.2 Å². The molecule has 0 saturated heterocycles. The zero-order valence-electron chi connectivity index (χ0n) is 29.7. The Labute approximate surface area is 281 Å². The largest absolute Gasteiger partial charge is 5.00 e. The van der Waals surface area contributed by atoms with Gasteiger partial charge in [0.25, 0.3) is 0 Å². The number of carbonyl (C=O) groups is 3. The van der Waals surface area contributed by atoms with Crippen LogP contribution in [0.15, 0.2) is 0 Å². The van der Waals surface area contributed by atoms with Crippen LogP contribution in [0, 0.1) is 16.2 Å². The van der Waals surface area contributed by atoms with Crippen LogP contribution in [0.25, 0.3) is 0 Å². The quantitative estimate of drug-likeness (QED) is 0.184. The molecule has 0 aromatic carbocycles. The maximum Gasteiger partial charge on any atom is 5.00 e. The van der Waals surface area contributed by atoms with Crippen molar-refractivity contribution in [2.75, 3.05) is 13.2 Å². The molecule has 0 unspecified atom stereocenters. The first-order chi connectivity index (χ1) is 19.1. The number of unbranched alkanes of at least 4 members (excludes halogenated alkanes) is 6. The number of carboxylic acids is 3. The summed E-state index contributed by atoms with van der Waals surface area (Å²) in [4.78, 5) is 30.1. The molecule has 0 aromatic heterocycles. The summed E-state index contributed by atoms with van der Waals surface area (Å²) < 4.78 is 0. The summed E-state index contributed by atoms with van der Waals surface area (Å²) in [6.07, 6.45) is 12.8. The number of aliphatic carboxylic acids is 3. The Balaban J connectivity index is -0.000000108. The summed E-state index contributed by atoms with van der Waals surface area (Å²) in [5, 5.41) is 48.0. The number of carboxylic acid groups (broad SMARTS) is 3. The zero-order valence-corrected chi connectivity index (χ0v) is 31.9. The van der Waals surface area contributed by atoms with Crippen molar-refractivity contribution in [1.82, 2.24) is 0 Å². The van der Waals surface area contributed by atoms with Crippen LogP contribution in [0.3, 0.4) is 0 Å². The predicted octanol–water partition coefficient (Wildman–Crippen LogP) is 3.93. The van der Waals surface area contributed by atoms with Gasteiger partial charge in [0.2, 0.25) is 0 Å². The molecule has 43 heavy (non-hydrogen) atoms. The normalized spacial score (nSPS) is 10.5. The minimum Gasteiger partial charge on any atom is -0.855 e. The molecule has 0 amide bonds. The first-order valence-electron chi connectivity index (χ1n) is 15.8. The Morgan fingerprint density at radius 1 is 0.419 bits per heavy atom. The number of carbonyl (C=O) groups excluding carboxylic acids is 3. The van der Waals surface area contributed by atoms with E-state index < -0.39 is 17.9 Å². The molecule has 0 N–H and O–H groups in total. The average molecular weight is 697 g/mol. The monoisotopic (exact) mass is 696 g/mol. The molecule has 0 rings (SSSR count). The van der Waals surface area contributed by atoms with E-state index in [1.54, 1.807) is 13.8 Å². The van der Waals surface area contributed by atoms with Crippen LogP contribution in [-0.4, -0.2) is 31.1 Å². The van der Waals surface area contributed by atoms with Crippen molar-refractivity contribution < 1.29 is 62.3 Å². The van der Waals surface area contributed by atoms with Gasteiger partial charge in [-0.1, -0.05) is 115 Å². The van der Waals surface area contributed by atoms with E-state index in [-0.39, 0.29) is 54.9 Å². The van der Waals surface area contributed by atoms with Gasteiger partial charge in [-0.3, -0.25) is 0 Å². The van der Waals surface area contributed by atoms with E-state index in [1.807, 2.05) is 0 Å². The molecule has 0 aliphatic heterocycles. The van der Waals surface area contributed by atoms with Crippen LogP contribution in [-0.2, 0) is 36.8 Å². The first kappa shape index (κ1) is 54.5. The molecule has 0 bridgehead atoms. The van der Waals surface area contributed by atoms with Gasteiger partial charge in [0.15, 0.2) is 0 Å². The molecular weight excluding hydrogens is 629 g/mol. The second-order valence-corrected chi connectivity index (χ2v) is 14.1. The number of rotatable bonds is 15. The SMILES string of the molecule is CC(C)(C)CCCCCC(=O)[O-].CC(C)(C)CCCCCC(=O)[O-].CC(C)(C)CCCCCC(=O)[O-].CC[O-].CC[O-].[Nb+5]. The number of hydrogen-bond donors (Lipinski definition) is 0. The Hall–Kier alpha value is -0.930. The van der Waals surface area contributed by atoms with Gasteiger partial charge in [-0.05, 0) is 74.0 Å². The summed E-state index contributed by atoms with van der Waals surface area (Å²) in [6, 6.07) is 0. The third-order valence-corrected chi connectivity index (χ3v) is 5.42. The van der Waals surface area contributed by atoms with Crippen LogP contribution >= 0.6 is 0 Å². The van der Waals surface area contributed by atoms with Gasteiger partial charge in [-0.25, -0.2) is 0 Å². The van der Waals surface area contributed by atoms with Crippen molar-refractivity contribution in [2.45, 2.75) is 172 Å². The Morgan fingerprint density at radius 3 is 0.698 bits per heavy atom. The van der Waals surface area contributed by atoms with E-state index in [4.69, 9.17) is 10.2 Å². The van der Waals surface area contributed by atoms with Gasteiger partial charge in [-0.2, -0.15) is 0 Å². The van der Waals surface area contributed by atoms with Gasteiger partial charge in [0, 0.05) is 17.9 Å². The molecule has 0 heterocycles. The van der Waals surface area contributed by atoms with Crippen LogP contribution < -0.4 is 25.5 Å². The Kier molecular flexibility index (Phi) is 45.1. The van der Waals surface area contributed by atoms with E-state index in [0.717, 1.165) is 57.8 Å². The van der Waals surface area contributed by atoms with Gasteiger partial charge < -0.3 is 39.9 Å². The molecule has 0 saturated carbocycles. The van der Waals surface area contributed by atoms with Crippen molar-refractivity contribution in [3.63, 3.8) is 0 Å². The molecule has 256 valence electrons. The van der Waals surface area contributed by atoms with Crippen molar-refractivity contribution >= 4 is 17.9 Å². The fourth-order valence-electron chi connectivity index (χ4n) is 3.30. The third-order valence-electron chi connectivity index (χ3n) is 5.42. The number of hydrogen-bond acceptors (Lipinski definition) is 8. The van der Waals surface area contributed by atoms with E-state index in [2.05, 4.69) is 62.3 Å². The molecule has 0 aliphatic rings. The van der Waals surface area contributed by atoms with Crippen LogP contribution in [0.2, 0.25) is 0 Å². The maximum absolute atomic E-state index is 10.0. The Bertz CT molecular complexity index is 520. The maximum atomic E-state index is 10.0. The van der Waals surface area contributed by atoms with Gasteiger partial charge in [0.1, 0.15) is 0 Å². The summed E-state index contributed by atoms with van der Waals surface area (Å²) in [5.74, 6) is -2.78. The molecule has 8 nitrogen and oxygen atoms in total. The van der Waals surface area contributed by atoms with E-state index in [9.17, 15) is 29.7 Å². The van der Waals surface area contributed by atoms with Gasteiger partial charge >= 0.3 is 22.4 Å². The molecule has 9 heteroatoms. The van der Waals surface area contributed by atoms with E-state index in [1.165, 1.54) is 19.3 Å². The van der Waals surface area contributed by atoms with Gasteiger partial charge in [0.05, 0.1) is 0 Å². The second-order valence-electron chi connectivity index (χ2n) is 14.1. The third kappa shape index (κ3) is 92.2. The minimum atomic E-state index is -0.925. The molecule has 0 radical (unpaired) electrons. The summed E-state index contributed by atoms with van der Waals surface area (Å²) in [5.41, 5.74) is 1.13. The summed E-state index contributed by atoms with van der Waals surface area (Å²) in [6.45, 7) is 22.9. The fourth-order valence-corrected chi connectivity index (χ4v) is 3.30. The van der Waals surface area contributed by atoms with Crippen LogP contribution in [0.5, 0.6) is 0 Å². The van der Waals surface area contributed by atoms with Crippen LogP contribution in [0.1, 0.15) is 172 Å². The molecule has 0 atom stereocenters. The second kappa shape index (κ2) is 35.5.